The maximum atomic E-state index is 14.2. The van der Waals surface area contributed by atoms with Crippen LogP contribution in [0.15, 0.2) is 170 Å². The lowest BCUT2D eigenvalue weighted by Crippen LogP contribution is -2.53. The summed E-state index contributed by atoms with van der Waals surface area (Å²) < 4.78 is 11.9. The summed E-state index contributed by atoms with van der Waals surface area (Å²) in [5.41, 5.74) is 7.83. The Kier molecular flexibility index (Phi) is 10.1. The van der Waals surface area contributed by atoms with Crippen LogP contribution < -0.4 is 5.32 Å². The van der Waals surface area contributed by atoms with Crippen LogP contribution in [0, 0.1) is 0 Å². The first-order valence-corrected chi connectivity index (χ1v) is 20.8. The number of cyclic esters (lactones) is 1. The molecule has 2 atom stereocenters. The van der Waals surface area contributed by atoms with Gasteiger partial charge in [0.2, 0.25) is 0 Å². The van der Waals surface area contributed by atoms with E-state index in [2.05, 4.69) is 78.1 Å². The van der Waals surface area contributed by atoms with Crippen LogP contribution in [0.2, 0.25) is 0 Å². The third-order valence-corrected chi connectivity index (χ3v) is 12.0. The van der Waals surface area contributed by atoms with Gasteiger partial charge in [0.1, 0.15) is 23.8 Å². The minimum absolute atomic E-state index is 0.104. The molecule has 60 heavy (non-hydrogen) atoms. The standard InChI is InChI=1S/C53H48N2O5/c1-51(2,3)60-49(57)48(54-52(36-19-6-4-7-20-36)44-28-14-10-24-40(44)41-25-11-15-29-45(41)52)32-18-23-39(56)34-33-38-35-59-50(58)55(38)53(37-21-8-5-9-22-37)46-30-16-12-26-42(46)43-27-13-17-31-47(43)53/h4-17,19-22,24-31,33-34,38,48,54H,18,23,32,35H2,1-3H3/b34-33+/t38-,48+/m1/s1. The fourth-order valence-corrected chi connectivity index (χ4v) is 9.70. The van der Waals surface area contributed by atoms with Gasteiger partial charge in [0, 0.05) is 6.42 Å². The number of ketones is 1. The molecular formula is C53H48N2O5. The summed E-state index contributed by atoms with van der Waals surface area (Å²) in [6.45, 7) is 5.72. The zero-order valence-electron chi connectivity index (χ0n) is 34.1. The molecule has 2 aliphatic carbocycles. The van der Waals surface area contributed by atoms with Gasteiger partial charge in [-0.3, -0.25) is 19.8 Å². The van der Waals surface area contributed by atoms with E-state index in [1.165, 1.54) is 0 Å². The van der Waals surface area contributed by atoms with E-state index in [4.69, 9.17) is 9.47 Å². The second-order valence-electron chi connectivity index (χ2n) is 16.8. The number of nitrogens with zero attached hydrogens (tertiary/aromatic N) is 1. The van der Waals surface area contributed by atoms with Crippen molar-refractivity contribution in [2.24, 2.45) is 0 Å². The highest BCUT2D eigenvalue weighted by atomic mass is 16.6. The first-order valence-electron chi connectivity index (χ1n) is 20.8. The summed E-state index contributed by atoms with van der Waals surface area (Å²) in [7, 11) is 0. The predicted molar refractivity (Wildman–Crippen MR) is 234 cm³/mol. The molecule has 6 aromatic rings. The second kappa shape index (κ2) is 15.6. The van der Waals surface area contributed by atoms with E-state index >= 15 is 0 Å². The zero-order valence-corrected chi connectivity index (χ0v) is 34.1. The average molecular weight is 793 g/mol. The number of benzene rings is 6. The zero-order chi connectivity index (χ0) is 41.5. The van der Waals surface area contributed by atoms with E-state index in [1.807, 2.05) is 112 Å². The number of carbonyl (C=O) groups is 3. The monoisotopic (exact) mass is 792 g/mol. The molecule has 1 amide bonds. The molecule has 7 nitrogen and oxygen atoms in total. The van der Waals surface area contributed by atoms with Crippen molar-refractivity contribution in [2.45, 2.75) is 68.8 Å². The molecule has 0 bridgehead atoms. The van der Waals surface area contributed by atoms with Crippen LogP contribution in [0.4, 0.5) is 4.79 Å². The second-order valence-corrected chi connectivity index (χ2v) is 16.8. The van der Waals surface area contributed by atoms with Gasteiger partial charge in [-0.05, 0) is 95.3 Å². The third kappa shape index (κ3) is 6.54. The van der Waals surface area contributed by atoms with Crippen molar-refractivity contribution < 1.29 is 23.9 Å². The van der Waals surface area contributed by atoms with E-state index in [0.29, 0.717) is 12.8 Å². The number of ether oxygens (including phenoxy) is 2. The van der Waals surface area contributed by atoms with Gasteiger partial charge in [-0.25, -0.2) is 4.79 Å². The molecule has 0 aromatic heterocycles. The molecule has 1 N–H and O–H groups in total. The highest BCUT2D eigenvalue weighted by molar-refractivity contribution is 5.91. The fraction of sp³-hybridized carbons (Fsp3) is 0.226. The highest BCUT2D eigenvalue weighted by Gasteiger charge is 2.55. The third-order valence-electron chi connectivity index (χ3n) is 12.0. The molecule has 9 rings (SSSR count). The van der Waals surface area contributed by atoms with E-state index in [9.17, 15) is 14.4 Å². The van der Waals surface area contributed by atoms with Crippen molar-refractivity contribution in [2.75, 3.05) is 6.61 Å². The summed E-state index contributed by atoms with van der Waals surface area (Å²) >= 11 is 0. The summed E-state index contributed by atoms with van der Waals surface area (Å²) in [6, 6.07) is 52.1. The summed E-state index contributed by atoms with van der Waals surface area (Å²) in [4.78, 5) is 43.8. The normalized spacial score (nSPS) is 17.4. The Morgan fingerprint density at radius 2 is 1.17 bits per heavy atom. The number of nitrogens with one attached hydrogen (secondary N) is 1. The van der Waals surface area contributed by atoms with Crippen LogP contribution in [0.5, 0.6) is 0 Å². The Labute approximate surface area is 351 Å². The lowest BCUT2D eigenvalue weighted by Gasteiger charge is -2.42. The first-order chi connectivity index (χ1) is 29.1. The molecule has 0 radical (unpaired) electrons. The quantitative estimate of drug-likeness (QED) is 0.0981. The highest BCUT2D eigenvalue weighted by Crippen LogP contribution is 2.56. The van der Waals surface area contributed by atoms with Crippen LogP contribution in [-0.4, -0.2) is 47.0 Å². The van der Waals surface area contributed by atoms with Crippen LogP contribution in [0.3, 0.4) is 0 Å². The Morgan fingerprint density at radius 3 is 1.70 bits per heavy atom. The van der Waals surface area contributed by atoms with E-state index in [1.54, 1.807) is 11.0 Å². The Hall–Kier alpha value is -6.57. The molecule has 1 fully saturated rings. The van der Waals surface area contributed by atoms with Crippen molar-refractivity contribution >= 4 is 17.8 Å². The van der Waals surface area contributed by atoms with Crippen LogP contribution in [0.25, 0.3) is 22.3 Å². The van der Waals surface area contributed by atoms with Crippen LogP contribution in [0.1, 0.15) is 73.4 Å². The molecule has 6 aromatic carbocycles. The first kappa shape index (κ1) is 38.9. The number of hydrogen-bond donors (Lipinski definition) is 1. The molecule has 1 aliphatic heterocycles. The maximum absolute atomic E-state index is 14.2. The molecule has 0 unspecified atom stereocenters. The van der Waals surface area contributed by atoms with Gasteiger partial charge in [0.05, 0.1) is 11.6 Å². The van der Waals surface area contributed by atoms with Crippen molar-refractivity contribution in [1.82, 2.24) is 10.2 Å². The number of rotatable bonds is 12. The van der Waals surface area contributed by atoms with Gasteiger partial charge in [0.25, 0.3) is 0 Å². The van der Waals surface area contributed by atoms with E-state index in [-0.39, 0.29) is 24.8 Å². The largest absolute Gasteiger partial charge is 0.459 e. The molecule has 1 saturated heterocycles. The van der Waals surface area contributed by atoms with Gasteiger partial charge in [0.15, 0.2) is 5.78 Å². The predicted octanol–water partition coefficient (Wildman–Crippen LogP) is 10.3. The SMILES string of the molecule is CC(C)(C)OC(=O)[C@H](CCCC(=O)/C=C/[C@@H]1COC(=O)N1C1(c2ccccc2)c2ccccc2-c2ccccc21)NC1(c2ccccc2)c2ccccc2-c2ccccc21. The van der Waals surface area contributed by atoms with Crippen molar-refractivity contribution in [3.05, 3.63) is 203 Å². The van der Waals surface area contributed by atoms with Gasteiger partial charge >= 0.3 is 12.1 Å². The molecule has 7 heteroatoms. The number of hydrogen-bond acceptors (Lipinski definition) is 6. The fourth-order valence-electron chi connectivity index (χ4n) is 9.70. The van der Waals surface area contributed by atoms with Crippen molar-refractivity contribution in [1.29, 1.82) is 0 Å². The maximum Gasteiger partial charge on any atom is 0.411 e. The van der Waals surface area contributed by atoms with Crippen LogP contribution >= 0.6 is 0 Å². The Morgan fingerprint density at radius 1 is 0.700 bits per heavy atom. The minimum Gasteiger partial charge on any atom is -0.459 e. The molecule has 1 heterocycles. The lowest BCUT2D eigenvalue weighted by molar-refractivity contribution is -0.158. The van der Waals surface area contributed by atoms with Gasteiger partial charge in [-0.15, -0.1) is 0 Å². The van der Waals surface area contributed by atoms with Crippen molar-refractivity contribution in [3.63, 3.8) is 0 Å². The number of allylic oxidation sites excluding steroid dienone is 1. The summed E-state index contributed by atoms with van der Waals surface area (Å²) in [5, 5.41) is 3.84. The average Bonchev–Trinajstić information content (AvgIpc) is 3.88. The van der Waals surface area contributed by atoms with Gasteiger partial charge in [-0.2, -0.15) is 0 Å². The lowest BCUT2D eigenvalue weighted by atomic mass is 9.78. The molecular weight excluding hydrogens is 745 g/mol. The number of esters is 1. The smallest absolute Gasteiger partial charge is 0.411 e. The Balaban J connectivity index is 1.00. The van der Waals surface area contributed by atoms with Gasteiger partial charge < -0.3 is 9.47 Å². The molecule has 300 valence electrons. The molecule has 0 spiro atoms. The minimum atomic E-state index is -0.974. The number of carbonyl (C=O) groups excluding carboxylic acids is 3. The topological polar surface area (TPSA) is 84.9 Å². The Bertz CT molecular complexity index is 2520. The van der Waals surface area contributed by atoms with Crippen LogP contribution in [-0.2, 0) is 30.1 Å². The summed E-state index contributed by atoms with van der Waals surface area (Å²) in [5.74, 6) is -0.476. The number of fused-ring (bicyclic) bond motifs is 6. The summed E-state index contributed by atoms with van der Waals surface area (Å²) in [6.07, 6.45) is 3.92. The van der Waals surface area contributed by atoms with E-state index < -0.39 is 34.9 Å². The van der Waals surface area contributed by atoms with Crippen molar-refractivity contribution in [3.8, 4) is 22.3 Å². The molecule has 0 saturated carbocycles. The van der Waals surface area contributed by atoms with E-state index in [0.717, 1.165) is 55.6 Å². The van der Waals surface area contributed by atoms with Gasteiger partial charge in [-0.1, -0.05) is 164 Å². The number of amides is 1. The molecule has 3 aliphatic rings.